The van der Waals surface area contributed by atoms with Crippen LogP contribution >= 0.6 is 0 Å². The fraction of sp³-hybridized carbons (Fsp3) is 0.400. The van der Waals surface area contributed by atoms with E-state index in [2.05, 4.69) is 17.0 Å². The highest BCUT2D eigenvalue weighted by molar-refractivity contribution is 5.14. The van der Waals surface area contributed by atoms with Crippen LogP contribution < -0.4 is 0 Å². The van der Waals surface area contributed by atoms with Gasteiger partial charge in [0.15, 0.2) is 0 Å². The Hall–Kier alpha value is -0.860. The Morgan fingerprint density at radius 3 is 2.58 bits per heavy atom. The van der Waals surface area contributed by atoms with Crippen LogP contribution in [0.3, 0.4) is 0 Å². The Balaban J connectivity index is 1.95. The predicted molar refractivity (Wildman–Crippen MR) is 47.5 cm³/mol. The Morgan fingerprint density at radius 2 is 2.08 bits per heavy atom. The quantitative estimate of drug-likeness (QED) is 0.708. The van der Waals surface area contributed by atoms with Gasteiger partial charge in [0.05, 0.1) is 0 Å². The Morgan fingerprint density at radius 1 is 1.33 bits per heavy atom. The van der Waals surface area contributed by atoms with Gasteiger partial charge in [-0.25, -0.2) is 0 Å². The molecule has 0 spiro atoms. The molecule has 1 fully saturated rings. The number of benzene rings is 1. The average molecular weight is 163 g/mol. The molecule has 1 aliphatic rings. The predicted octanol–water partition coefficient (Wildman–Crippen LogP) is 1.21. The largest absolute Gasteiger partial charge is 0.378 e. The van der Waals surface area contributed by atoms with Crippen molar-refractivity contribution in [3.8, 4) is 0 Å². The summed E-state index contributed by atoms with van der Waals surface area (Å²) in [6.07, 6.45) is 0.720. The molecule has 0 amide bonds. The fourth-order valence-corrected chi connectivity index (χ4v) is 1.43. The van der Waals surface area contributed by atoms with E-state index in [1.54, 1.807) is 0 Å². The molecular formula is C10H13NO. The summed E-state index contributed by atoms with van der Waals surface area (Å²) in [5.74, 6) is 0. The van der Waals surface area contributed by atoms with Crippen molar-refractivity contribution in [3.05, 3.63) is 35.9 Å². The van der Waals surface area contributed by atoms with Crippen LogP contribution in [0, 0.1) is 0 Å². The zero-order valence-corrected chi connectivity index (χ0v) is 6.98. The summed E-state index contributed by atoms with van der Waals surface area (Å²) in [7, 11) is 0. The fourth-order valence-electron chi connectivity index (χ4n) is 1.43. The number of aliphatic hydroxyl groups is 1. The molecule has 0 aromatic heterocycles. The SMILES string of the molecule is OC1CCN1Cc1ccccc1. The van der Waals surface area contributed by atoms with Gasteiger partial charge in [-0.2, -0.15) is 0 Å². The van der Waals surface area contributed by atoms with E-state index in [1.807, 2.05) is 18.2 Å². The number of nitrogens with zero attached hydrogens (tertiary/aromatic N) is 1. The van der Waals surface area contributed by atoms with E-state index in [0.29, 0.717) is 0 Å². The van der Waals surface area contributed by atoms with Crippen LogP contribution in [-0.4, -0.2) is 22.8 Å². The van der Waals surface area contributed by atoms with Gasteiger partial charge < -0.3 is 5.11 Å². The van der Waals surface area contributed by atoms with Gasteiger partial charge in [-0.05, 0) is 12.0 Å². The highest BCUT2D eigenvalue weighted by Crippen LogP contribution is 2.17. The van der Waals surface area contributed by atoms with Crippen molar-refractivity contribution in [3.63, 3.8) is 0 Å². The molecule has 1 atom stereocenters. The second-order valence-corrected chi connectivity index (χ2v) is 3.23. The lowest BCUT2D eigenvalue weighted by Crippen LogP contribution is -2.46. The molecule has 0 bridgehead atoms. The lowest BCUT2D eigenvalue weighted by atomic mass is 10.1. The normalized spacial score (nSPS) is 23.6. The summed E-state index contributed by atoms with van der Waals surface area (Å²) >= 11 is 0. The maximum Gasteiger partial charge on any atom is 0.108 e. The number of rotatable bonds is 2. The molecule has 1 heterocycles. The lowest BCUT2D eigenvalue weighted by Gasteiger charge is -2.36. The minimum absolute atomic E-state index is 0.204. The first-order valence-electron chi connectivity index (χ1n) is 4.32. The monoisotopic (exact) mass is 163 g/mol. The van der Waals surface area contributed by atoms with Crippen molar-refractivity contribution in [2.45, 2.75) is 19.2 Å². The maximum atomic E-state index is 9.29. The van der Waals surface area contributed by atoms with Crippen LogP contribution in [0.2, 0.25) is 0 Å². The molecule has 1 aliphatic heterocycles. The molecule has 2 heteroatoms. The number of aliphatic hydroxyl groups excluding tert-OH is 1. The van der Waals surface area contributed by atoms with Gasteiger partial charge in [-0.15, -0.1) is 0 Å². The highest BCUT2D eigenvalue weighted by Gasteiger charge is 2.24. The molecule has 0 saturated carbocycles. The maximum absolute atomic E-state index is 9.29. The summed E-state index contributed by atoms with van der Waals surface area (Å²) in [5, 5.41) is 9.29. The van der Waals surface area contributed by atoms with Crippen LogP contribution in [0.1, 0.15) is 12.0 Å². The van der Waals surface area contributed by atoms with Gasteiger partial charge in [-0.3, -0.25) is 4.90 Å². The first-order chi connectivity index (χ1) is 5.86. The molecular weight excluding hydrogens is 150 g/mol. The summed E-state index contributed by atoms with van der Waals surface area (Å²) in [6.45, 7) is 1.90. The third-order valence-electron chi connectivity index (χ3n) is 2.32. The van der Waals surface area contributed by atoms with Crippen LogP contribution in [0.15, 0.2) is 30.3 Å². The molecule has 1 saturated heterocycles. The first-order valence-corrected chi connectivity index (χ1v) is 4.32. The van der Waals surface area contributed by atoms with Crippen molar-refractivity contribution < 1.29 is 5.11 Å². The third kappa shape index (κ3) is 1.49. The Kier molecular flexibility index (Phi) is 2.11. The average Bonchev–Trinajstić information content (AvgIpc) is 2.14. The van der Waals surface area contributed by atoms with Gasteiger partial charge >= 0.3 is 0 Å². The van der Waals surface area contributed by atoms with Gasteiger partial charge in [0.1, 0.15) is 6.23 Å². The second kappa shape index (κ2) is 3.25. The smallest absolute Gasteiger partial charge is 0.108 e. The van der Waals surface area contributed by atoms with Crippen LogP contribution in [0.25, 0.3) is 0 Å². The molecule has 12 heavy (non-hydrogen) atoms. The van der Waals surface area contributed by atoms with Gasteiger partial charge in [0.2, 0.25) is 0 Å². The number of hydrogen-bond acceptors (Lipinski definition) is 2. The van der Waals surface area contributed by atoms with Crippen LogP contribution in [-0.2, 0) is 6.54 Å². The van der Waals surface area contributed by atoms with E-state index in [0.717, 1.165) is 19.5 Å². The first kappa shape index (κ1) is 7.77. The molecule has 1 aromatic carbocycles. The third-order valence-corrected chi connectivity index (χ3v) is 2.32. The van der Waals surface area contributed by atoms with E-state index in [4.69, 9.17) is 0 Å². The molecule has 1 unspecified atom stereocenters. The summed E-state index contributed by atoms with van der Waals surface area (Å²) < 4.78 is 0. The van der Waals surface area contributed by atoms with Crippen molar-refractivity contribution in [1.82, 2.24) is 4.90 Å². The lowest BCUT2D eigenvalue weighted by molar-refractivity contribution is -0.0793. The second-order valence-electron chi connectivity index (χ2n) is 3.23. The van der Waals surface area contributed by atoms with E-state index >= 15 is 0 Å². The van der Waals surface area contributed by atoms with E-state index in [1.165, 1.54) is 5.56 Å². The molecule has 1 N–H and O–H groups in total. The molecule has 0 aliphatic carbocycles. The summed E-state index contributed by atoms with van der Waals surface area (Å²) in [6, 6.07) is 10.2. The van der Waals surface area contributed by atoms with Crippen LogP contribution in [0.4, 0.5) is 0 Å². The summed E-state index contributed by atoms with van der Waals surface area (Å²) in [5.41, 5.74) is 1.27. The zero-order valence-electron chi connectivity index (χ0n) is 6.98. The van der Waals surface area contributed by atoms with E-state index in [-0.39, 0.29) is 6.23 Å². The zero-order chi connectivity index (χ0) is 8.39. The molecule has 1 aromatic rings. The molecule has 64 valence electrons. The van der Waals surface area contributed by atoms with Crippen molar-refractivity contribution in [2.75, 3.05) is 6.54 Å². The number of likely N-dealkylation sites (tertiary alicyclic amines) is 1. The number of hydrogen-bond donors (Lipinski definition) is 1. The minimum Gasteiger partial charge on any atom is -0.378 e. The minimum atomic E-state index is -0.204. The topological polar surface area (TPSA) is 23.5 Å². The summed E-state index contributed by atoms with van der Waals surface area (Å²) in [4.78, 5) is 2.06. The van der Waals surface area contributed by atoms with Crippen LogP contribution in [0.5, 0.6) is 0 Å². The van der Waals surface area contributed by atoms with Crippen molar-refractivity contribution in [2.24, 2.45) is 0 Å². The molecule has 2 rings (SSSR count). The van der Waals surface area contributed by atoms with Gasteiger partial charge in [-0.1, -0.05) is 30.3 Å². The van der Waals surface area contributed by atoms with Crippen molar-refractivity contribution in [1.29, 1.82) is 0 Å². The Labute approximate surface area is 72.4 Å². The van der Waals surface area contributed by atoms with Gasteiger partial charge in [0.25, 0.3) is 0 Å². The standard InChI is InChI=1S/C10H13NO/c12-10-6-7-11(10)8-9-4-2-1-3-5-9/h1-5,10,12H,6-8H2. The highest BCUT2D eigenvalue weighted by atomic mass is 16.3. The Bertz CT molecular complexity index is 247. The van der Waals surface area contributed by atoms with E-state index < -0.39 is 0 Å². The van der Waals surface area contributed by atoms with Gasteiger partial charge in [0, 0.05) is 13.1 Å². The molecule has 0 radical (unpaired) electrons. The molecule has 2 nitrogen and oxygen atoms in total. The van der Waals surface area contributed by atoms with E-state index in [9.17, 15) is 5.11 Å². The van der Waals surface area contributed by atoms with Crippen molar-refractivity contribution >= 4 is 0 Å².